The summed E-state index contributed by atoms with van der Waals surface area (Å²) in [5.41, 5.74) is 1.87. The van der Waals surface area contributed by atoms with E-state index < -0.39 is 0 Å². The molecule has 1 aliphatic rings. The Bertz CT molecular complexity index is 1320. The highest BCUT2D eigenvalue weighted by molar-refractivity contribution is 5.83. The molecule has 1 N–H and O–H groups in total. The summed E-state index contributed by atoms with van der Waals surface area (Å²) in [7, 11) is 0. The summed E-state index contributed by atoms with van der Waals surface area (Å²) in [5.74, 6) is 1.20. The van der Waals surface area contributed by atoms with Gasteiger partial charge in [-0.05, 0) is 48.7 Å². The Hall–Kier alpha value is -3.86. The van der Waals surface area contributed by atoms with Crippen LogP contribution < -0.4 is 10.5 Å². The molecule has 1 aliphatic heterocycles. The van der Waals surface area contributed by atoms with Gasteiger partial charge in [-0.2, -0.15) is 5.26 Å². The van der Waals surface area contributed by atoms with Gasteiger partial charge in [0.05, 0.1) is 29.1 Å². The first-order chi connectivity index (χ1) is 14.2. The van der Waals surface area contributed by atoms with Crippen molar-refractivity contribution in [1.82, 2.24) is 19.2 Å². The molecular formula is C21H18N6O2. The summed E-state index contributed by atoms with van der Waals surface area (Å²) in [4.78, 5) is 15.4. The standard InChI is InChI=1S/C21H18N6O2/c22-12-14-3-5-15(6-4-14)13-26-19(29)17-11-16(28)7-8-18(17)27-20(23-24-21(26)27)25-9-1-2-10-25/h3-8,11,28H,1-2,9-10,13H2. The van der Waals surface area contributed by atoms with Crippen molar-refractivity contribution in [2.24, 2.45) is 0 Å². The molecule has 0 bridgehead atoms. The zero-order valence-corrected chi connectivity index (χ0v) is 15.6. The van der Waals surface area contributed by atoms with Gasteiger partial charge in [0.15, 0.2) is 0 Å². The highest BCUT2D eigenvalue weighted by Crippen LogP contribution is 2.25. The van der Waals surface area contributed by atoms with Crippen LogP contribution in [0.15, 0.2) is 47.3 Å². The quantitative estimate of drug-likeness (QED) is 0.580. The monoisotopic (exact) mass is 386 g/mol. The zero-order chi connectivity index (χ0) is 20.0. The molecule has 8 nitrogen and oxygen atoms in total. The molecule has 1 fully saturated rings. The fourth-order valence-corrected chi connectivity index (χ4v) is 3.92. The zero-order valence-electron chi connectivity index (χ0n) is 15.6. The number of fused-ring (bicyclic) bond motifs is 3. The molecule has 3 heterocycles. The van der Waals surface area contributed by atoms with Crippen LogP contribution in [0, 0.1) is 11.3 Å². The molecule has 144 valence electrons. The number of aromatic hydroxyl groups is 1. The Morgan fingerprint density at radius 2 is 1.83 bits per heavy atom. The van der Waals surface area contributed by atoms with Gasteiger partial charge in [-0.25, -0.2) is 4.40 Å². The molecule has 29 heavy (non-hydrogen) atoms. The Morgan fingerprint density at radius 1 is 1.07 bits per heavy atom. The fourth-order valence-electron chi connectivity index (χ4n) is 3.92. The Balaban J connectivity index is 1.76. The number of phenolic OH excluding ortho intramolecular Hbond substituents is 1. The van der Waals surface area contributed by atoms with Crippen molar-refractivity contribution in [3.63, 3.8) is 0 Å². The van der Waals surface area contributed by atoms with Crippen molar-refractivity contribution in [2.45, 2.75) is 19.4 Å². The molecule has 0 unspecified atom stereocenters. The number of rotatable bonds is 3. The number of nitrogens with zero attached hydrogens (tertiary/aromatic N) is 6. The van der Waals surface area contributed by atoms with Crippen LogP contribution in [0.5, 0.6) is 5.75 Å². The van der Waals surface area contributed by atoms with Gasteiger partial charge in [0.25, 0.3) is 5.56 Å². The number of phenols is 1. The van der Waals surface area contributed by atoms with Gasteiger partial charge < -0.3 is 10.0 Å². The van der Waals surface area contributed by atoms with Crippen molar-refractivity contribution < 1.29 is 5.11 Å². The van der Waals surface area contributed by atoms with Crippen molar-refractivity contribution >= 4 is 22.6 Å². The van der Waals surface area contributed by atoms with Crippen LogP contribution in [0.25, 0.3) is 16.7 Å². The van der Waals surface area contributed by atoms with Gasteiger partial charge in [0.1, 0.15) is 5.75 Å². The van der Waals surface area contributed by atoms with Crippen LogP contribution in [0.1, 0.15) is 24.0 Å². The highest BCUT2D eigenvalue weighted by atomic mass is 16.3. The number of aromatic nitrogens is 4. The Morgan fingerprint density at radius 3 is 2.55 bits per heavy atom. The first-order valence-corrected chi connectivity index (χ1v) is 9.50. The van der Waals surface area contributed by atoms with Crippen LogP contribution in [0.2, 0.25) is 0 Å². The second-order valence-corrected chi connectivity index (χ2v) is 7.23. The molecule has 0 amide bonds. The Labute approximate surface area is 165 Å². The maximum atomic E-state index is 13.3. The fraction of sp³-hybridized carbons (Fsp3) is 0.238. The molecule has 0 radical (unpaired) electrons. The molecule has 0 aliphatic carbocycles. The second-order valence-electron chi connectivity index (χ2n) is 7.23. The lowest BCUT2D eigenvalue weighted by Crippen LogP contribution is -2.25. The maximum absolute atomic E-state index is 13.3. The van der Waals surface area contributed by atoms with Crippen LogP contribution in [0.4, 0.5) is 5.95 Å². The van der Waals surface area contributed by atoms with E-state index in [9.17, 15) is 9.90 Å². The van der Waals surface area contributed by atoms with E-state index >= 15 is 0 Å². The number of benzene rings is 2. The summed E-state index contributed by atoms with van der Waals surface area (Å²) in [6.07, 6.45) is 2.19. The largest absolute Gasteiger partial charge is 0.508 e. The average Bonchev–Trinajstić information content (AvgIpc) is 3.41. The number of nitriles is 1. The first-order valence-electron chi connectivity index (χ1n) is 9.50. The first kappa shape index (κ1) is 17.3. The number of hydrogen-bond acceptors (Lipinski definition) is 6. The maximum Gasteiger partial charge on any atom is 0.263 e. The van der Waals surface area contributed by atoms with Crippen LogP contribution in [-0.4, -0.2) is 37.4 Å². The summed E-state index contributed by atoms with van der Waals surface area (Å²) in [6.45, 7) is 2.09. The van der Waals surface area contributed by atoms with E-state index in [0.717, 1.165) is 31.5 Å². The van der Waals surface area contributed by atoms with E-state index in [1.807, 2.05) is 16.5 Å². The van der Waals surface area contributed by atoms with E-state index in [-0.39, 0.29) is 17.9 Å². The lowest BCUT2D eigenvalue weighted by molar-refractivity contribution is 0.476. The average molecular weight is 386 g/mol. The molecule has 8 heteroatoms. The van der Waals surface area contributed by atoms with Gasteiger partial charge in [-0.1, -0.05) is 12.1 Å². The minimum Gasteiger partial charge on any atom is -0.508 e. The predicted octanol–water partition coefficient (Wildman–Crippen LogP) is 2.27. The molecule has 0 atom stereocenters. The third-order valence-corrected chi connectivity index (χ3v) is 5.38. The molecular weight excluding hydrogens is 368 g/mol. The number of anilines is 1. The minimum atomic E-state index is -0.242. The van der Waals surface area contributed by atoms with E-state index in [1.54, 1.807) is 28.8 Å². The molecule has 2 aromatic carbocycles. The summed E-state index contributed by atoms with van der Waals surface area (Å²) >= 11 is 0. The molecule has 0 spiro atoms. The second kappa shape index (κ2) is 6.63. The van der Waals surface area contributed by atoms with Crippen molar-refractivity contribution in [1.29, 1.82) is 5.26 Å². The topological polar surface area (TPSA) is 99.4 Å². The van der Waals surface area contributed by atoms with Crippen LogP contribution in [-0.2, 0) is 6.54 Å². The lowest BCUT2D eigenvalue weighted by Gasteiger charge is -2.17. The predicted molar refractivity (Wildman–Crippen MR) is 108 cm³/mol. The SMILES string of the molecule is N#Cc1ccc(Cn2c(=O)c3cc(O)ccc3n3c(N4CCCC4)nnc23)cc1. The van der Waals surface area contributed by atoms with Gasteiger partial charge in [0, 0.05) is 13.1 Å². The summed E-state index contributed by atoms with van der Waals surface area (Å²) in [5, 5.41) is 28.1. The molecule has 1 saturated heterocycles. The highest BCUT2D eigenvalue weighted by Gasteiger charge is 2.22. The van der Waals surface area contributed by atoms with E-state index in [0.29, 0.717) is 28.2 Å². The third-order valence-electron chi connectivity index (χ3n) is 5.38. The van der Waals surface area contributed by atoms with Gasteiger partial charge in [-0.3, -0.25) is 9.36 Å². The Kier molecular flexibility index (Phi) is 3.95. The van der Waals surface area contributed by atoms with Gasteiger partial charge in [0.2, 0.25) is 11.7 Å². The van der Waals surface area contributed by atoms with Crippen molar-refractivity contribution in [2.75, 3.05) is 18.0 Å². The summed E-state index contributed by atoms with van der Waals surface area (Å²) in [6, 6.07) is 14.0. The molecule has 5 rings (SSSR count). The van der Waals surface area contributed by atoms with Crippen LogP contribution >= 0.6 is 0 Å². The van der Waals surface area contributed by atoms with Gasteiger partial charge in [-0.15, -0.1) is 10.2 Å². The smallest absolute Gasteiger partial charge is 0.263 e. The third kappa shape index (κ3) is 2.79. The van der Waals surface area contributed by atoms with Crippen LogP contribution in [0.3, 0.4) is 0 Å². The lowest BCUT2D eigenvalue weighted by atomic mass is 10.1. The van der Waals surface area contributed by atoms with E-state index in [1.165, 1.54) is 6.07 Å². The van der Waals surface area contributed by atoms with Gasteiger partial charge >= 0.3 is 0 Å². The van der Waals surface area contributed by atoms with Crippen molar-refractivity contribution in [3.05, 3.63) is 63.9 Å². The summed E-state index contributed by atoms with van der Waals surface area (Å²) < 4.78 is 3.46. The molecule has 0 saturated carbocycles. The molecule has 2 aromatic heterocycles. The minimum absolute atomic E-state index is 0.0367. The van der Waals surface area contributed by atoms with E-state index in [4.69, 9.17) is 5.26 Å². The van der Waals surface area contributed by atoms with Crippen molar-refractivity contribution in [3.8, 4) is 11.8 Å². The van der Waals surface area contributed by atoms with E-state index in [2.05, 4.69) is 21.2 Å². The normalized spacial score (nSPS) is 14.0. The number of hydrogen-bond donors (Lipinski definition) is 1. The molecule has 4 aromatic rings.